The largest absolute Gasteiger partial charge is 0.423 e. The van der Waals surface area contributed by atoms with Crippen molar-refractivity contribution >= 4 is 50.6 Å². The van der Waals surface area contributed by atoms with E-state index in [9.17, 15) is 4.79 Å². The van der Waals surface area contributed by atoms with Crippen molar-refractivity contribution in [3.8, 4) is 0 Å². The molecule has 0 aliphatic carbocycles. The van der Waals surface area contributed by atoms with Crippen LogP contribution in [0.15, 0.2) is 27.1 Å². The van der Waals surface area contributed by atoms with Crippen molar-refractivity contribution in [2.24, 2.45) is 5.92 Å². The second-order valence-electron chi connectivity index (χ2n) is 4.34. The maximum Gasteiger partial charge on any atom is 0.305 e. The van der Waals surface area contributed by atoms with Crippen molar-refractivity contribution in [3.05, 3.63) is 22.7 Å². The van der Waals surface area contributed by atoms with Crippen LogP contribution in [0.2, 0.25) is 0 Å². The zero-order valence-electron chi connectivity index (χ0n) is 9.40. The first kappa shape index (κ1) is 12.0. The Kier molecular flexibility index (Phi) is 3.03. The number of amides is 1. The van der Waals surface area contributed by atoms with Crippen molar-refractivity contribution in [2.45, 2.75) is 6.42 Å². The quantitative estimate of drug-likeness (QED) is 0.795. The summed E-state index contributed by atoms with van der Waals surface area (Å²) in [5.74, 6) is 0.681. The Morgan fingerprint density at radius 2 is 2.39 bits per heavy atom. The molecule has 0 radical (unpaired) electrons. The van der Waals surface area contributed by atoms with Gasteiger partial charge in [0.2, 0.25) is 5.91 Å². The third-order valence-corrected chi connectivity index (χ3v) is 3.92. The van der Waals surface area contributed by atoms with Crippen LogP contribution < -0.4 is 4.90 Å². The van der Waals surface area contributed by atoms with Gasteiger partial charge in [-0.15, -0.1) is 11.6 Å². The van der Waals surface area contributed by atoms with Gasteiger partial charge in [0, 0.05) is 23.3 Å². The van der Waals surface area contributed by atoms with Crippen molar-refractivity contribution < 1.29 is 9.21 Å². The zero-order valence-corrected chi connectivity index (χ0v) is 11.7. The zero-order chi connectivity index (χ0) is 12.7. The summed E-state index contributed by atoms with van der Waals surface area (Å²) in [6.07, 6.45) is 0.464. The topological polar surface area (TPSA) is 46.3 Å². The second-order valence-corrected chi connectivity index (χ2v) is 5.56. The predicted molar refractivity (Wildman–Crippen MR) is 72.9 cm³/mol. The predicted octanol–water partition coefficient (Wildman–Crippen LogP) is 3.18. The van der Waals surface area contributed by atoms with Crippen LogP contribution in [0, 0.1) is 5.92 Å². The maximum atomic E-state index is 11.8. The molecule has 1 fully saturated rings. The number of hydrogen-bond acceptors (Lipinski definition) is 3. The smallest absolute Gasteiger partial charge is 0.305 e. The number of aromatic nitrogens is 1. The fourth-order valence-electron chi connectivity index (χ4n) is 2.07. The molecule has 6 heteroatoms. The Bertz CT molecular complexity index is 613. The maximum absolute atomic E-state index is 11.8. The summed E-state index contributed by atoms with van der Waals surface area (Å²) >= 11 is 9.16. The number of halogens is 2. The molecule has 3 rings (SSSR count). The molecular formula is C12H10BrClN2O2. The van der Waals surface area contributed by atoms with Gasteiger partial charge in [-0.1, -0.05) is 15.9 Å². The van der Waals surface area contributed by atoms with Gasteiger partial charge >= 0.3 is 6.01 Å². The van der Waals surface area contributed by atoms with Gasteiger partial charge in [0.15, 0.2) is 5.58 Å². The number of rotatable bonds is 2. The van der Waals surface area contributed by atoms with Gasteiger partial charge < -0.3 is 4.42 Å². The summed E-state index contributed by atoms with van der Waals surface area (Å²) in [6, 6.07) is 5.94. The lowest BCUT2D eigenvalue weighted by atomic mass is 10.2. The number of oxazole rings is 1. The molecule has 1 amide bonds. The van der Waals surface area contributed by atoms with E-state index in [2.05, 4.69) is 20.9 Å². The molecule has 1 aromatic carbocycles. The van der Waals surface area contributed by atoms with E-state index in [1.54, 1.807) is 4.90 Å². The van der Waals surface area contributed by atoms with E-state index in [0.717, 1.165) is 9.99 Å². The number of anilines is 1. The van der Waals surface area contributed by atoms with E-state index >= 15 is 0 Å². The Labute approximate surface area is 117 Å². The lowest BCUT2D eigenvalue weighted by molar-refractivity contribution is -0.117. The van der Waals surface area contributed by atoms with Crippen LogP contribution in [-0.2, 0) is 4.79 Å². The molecule has 1 aliphatic heterocycles. The highest BCUT2D eigenvalue weighted by atomic mass is 79.9. The van der Waals surface area contributed by atoms with E-state index in [1.807, 2.05) is 18.2 Å². The van der Waals surface area contributed by atoms with Gasteiger partial charge in [0.1, 0.15) is 5.52 Å². The molecule has 2 heterocycles. The van der Waals surface area contributed by atoms with Crippen LogP contribution in [0.3, 0.4) is 0 Å². The average molecular weight is 330 g/mol. The minimum Gasteiger partial charge on any atom is -0.423 e. The van der Waals surface area contributed by atoms with Gasteiger partial charge in [-0.2, -0.15) is 4.98 Å². The molecule has 2 aromatic rings. The Morgan fingerprint density at radius 1 is 1.56 bits per heavy atom. The molecule has 1 saturated heterocycles. The number of carbonyl (C=O) groups is 1. The number of hydrogen-bond donors (Lipinski definition) is 0. The summed E-state index contributed by atoms with van der Waals surface area (Å²) in [4.78, 5) is 17.7. The van der Waals surface area contributed by atoms with E-state index in [0.29, 0.717) is 30.4 Å². The first-order valence-corrected chi connectivity index (χ1v) is 6.92. The number of carbonyl (C=O) groups excluding carboxylic acids is 1. The van der Waals surface area contributed by atoms with Gasteiger partial charge in [-0.25, -0.2) is 0 Å². The summed E-state index contributed by atoms with van der Waals surface area (Å²) in [5.41, 5.74) is 1.41. The number of alkyl halides is 1. The molecule has 4 nitrogen and oxygen atoms in total. The Morgan fingerprint density at radius 3 is 3.11 bits per heavy atom. The standard InChI is InChI=1S/C12H10BrClN2O2/c13-8-1-2-9-10(4-8)18-12(15-9)16-6-7(5-14)3-11(16)17/h1-2,4,7H,3,5-6H2. The van der Waals surface area contributed by atoms with E-state index in [-0.39, 0.29) is 11.8 Å². The summed E-state index contributed by atoms with van der Waals surface area (Å²) in [5, 5.41) is 0. The molecule has 1 aliphatic rings. The third kappa shape index (κ3) is 2.01. The molecule has 0 saturated carbocycles. The minimum atomic E-state index is 0.0197. The average Bonchev–Trinajstić information content (AvgIpc) is 2.91. The molecule has 0 N–H and O–H groups in total. The number of nitrogens with zero attached hydrogens (tertiary/aromatic N) is 2. The molecule has 0 bridgehead atoms. The highest BCUT2D eigenvalue weighted by Crippen LogP contribution is 2.29. The summed E-state index contributed by atoms with van der Waals surface area (Å²) in [7, 11) is 0. The fourth-order valence-corrected chi connectivity index (χ4v) is 2.62. The first-order valence-electron chi connectivity index (χ1n) is 5.60. The SMILES string of the molecule is O=C1CC(CCl)CN1c1nc2ccc(Br)cc2o1. The highest BCUT2D eigenvalue weighted by Gasteiger charge is 2.32. The Balaban J connectivity index is 1.97. The molecule has 1 unspecified atom stereocenters. The highest BCUT2D eigenvalue weighted by molar-refractivity contribution is 9.10. The summed E-state index contributed by atoms with van der Waals surface area (Å²) in [6.45, 7) is 0.580. The third-order valence-electron chi connectivity index (χ3n) is 2.99. The molecular weight excluding hydrogens is 320 g/mol. The number of fused-ring (bicyclic) bond motifs is 1. The van der Waals surface area contributed by atoms with Crippen LogP contribution in [0.25, 0.3) is 11.1 Å². The molecule has 1 atom stereocenters. The van der Waals surface area contributed by atoms with Gasteiger partial charge in [0.25, 0.3) is 0 Å². The van der Waals surface area contributed by atoms with Crippen LogP contribution in [0.1, 0.15) is 6.42 Å². The van der Waals surface area contributed by atoms with Crippen molar-refractivity contribution in [3.63, 3.8) is 0 Å². The van der Waals surface area contributed by atoms with Crippen molar-refractivity contribution in [1.82, 2.24) is 4.98 Å². The van der Waals surface area contributed by atoms with Gasteiger partial charge in [-0.3, -0.25) is 9.69 Å². The van der Waals surface area contributed by atoms with E-state index in [1.165, 1.54) is 0 Å². The van der Waals surface area contributed by atoms with Gasteiger partial charge in [0.05, 0.1) is 0 Å². The van der Waals surface area contributed by atoms with Gasteiger partial charge in [-0.05, 0) is 24.1 Å². The van der Waals surface area contributed by atoms with Crippen LogP contribution in [-0.4, -0.2) is 23.3 Å². The second kappa shape index (κ2) is 4.55. The normalized spacial score (nSPS) is 20.0. The lowest BCUT2D eigenvalue weighted by Crippen LogP contribution is -2.24. The van der Waals surface area contributed by atoms with Crippen LogP contribution >= 0.6 is 27.5 Å². The number of benzene rings is 1. The molecule has 0 spiro atoms. The van der Waals surface area contributed by atoms with Crippen molar-refractivity contribution in [2.75, 3.05) is 17.3 Å². The fraction of sp³-hybridized carbons (Fsp3) is 0.333. The summed E-state index contributed by atoms with van der Waals surface area (Å²) < 4.78 is 6.54. The molecule has 94 valence electrons. The first-order chi connectivity index (χ1) is 8.67. The van der Waals surface area contributed by atoms with Crippen molar-refractivity contribution in [1.29, 1.82) is 0 Å². The Hall–Kier alpha value is -1.07. The monoisotopic (exact) mass is 328 g/mol. The molecule has 18 heavy (non-hydrogen) atoms. The molecule has 1 aromatic heterocycles. The minimum absolute atomic E-state index is 0.0197. The van der Waals surface area contributed by atoms with Crippen LogP contribution in [0.5, 0.6) is 0 Å². The van der Waals surface area contributed by atoms with E-state index in [4.69, 9.17) is 16.0 Å². The van der Waals surface area contributed by atoms with Crippen LogP contribution in [0.4, 0.5) is 6.01 Å². The van der Waals surface area contributed by atoms with E-state index < -0.39 is 0 Å². The lowest BCUT2D eigenvalue weighted by Gasteiger charge is -2.09.